The summed E-state index contributed by atoms with van der Waals surface area (Å²) in [7, 11) is 3.84. The Labute approximate surface area is 134 Å². The number of benzene rings is 2. The Kier molecular flexibility index (Phi) is 4.87. The van der Waals surface area contributed by atoms with Crippen molar-refractivity contribution < 1.29 is 0 Å². The monoisotopic (exact) mass is 307 g/mol. The van der Waals surface area contributed by atoms with Gasteiger partial charge in [-0.1, -0.05) is 72.8 Å². The van der Waals surface area contributed by atoms with Crippen LogP contribution in [0.1, 0.15) is 6.42 Å². The van der Waals surface area contributed by atoms with E-state index in [1.807, 2.05) is 0 Å². The quantitative estimate of drug-likeness (QED) is 0.757. The van der Waals surface area contributed by atoms with Gasteiger partial charge in [-0.25, -0.2) is 0 Å². The fourth-order valence-corrected chi connectivity index (χ4v) is 5.40. The fraction of sp³-hybridized carbons (Fsp3) is 0.200. The van der Waals surface area contributed by atoms with Gasteiger partial charge in [-0.3, -0.25) is 0 Å². The van der Waals surface area contributed by atoms with Crippen LogP contribution in [-0.4, -0.2) is 25.5 Å². The van der Waals surface area contributed by atoms with E-state index in [9.17, 15) is 0 Å². The maximum atomic E-state index is 2.35. The van der Waals surface area contributed by atoms with Crippen LogP contribution < -0.4 is 10.6 Å². The van der Waals surface area contributed by atoms with Crippen LogP contribution in [0.15, 0.2) is 83.7 Å². The van der Waals surface area contributed by atoms with E-state index in [0.29, 0.717) is 0 Å². The Morgan fingerprint density at radius 1 is 0.864 bits per heavy atom. The Balaban J connectivity index is 2.08. The van der Waals surface area contributed by atoms with Crippen LogP contribution in [0.3, 0.4) is 0 Å². The first kappa shape index (κ1) is 15.2. The van der Waals surface area contributed by atoms with Gasteiger partial charge in [-0.05, 0) is 49.9 Å². The van der Waals surface area contributed by atoms with Crippen LogP contribution in [0.25, 0.3) is 0 Å². The van der Waals surface area contributed by atoms with E-state index in [1.165, 1.54) is 15.9 Å². The first-order valence-corrected chi connectivity index (χ1v) is 9.03. The average molecular weight is 307 g/mol. The molecule has 1 aliphatic rings. The molecule has 2 aromatic rings. The molecule has 0 aromatic heterocycles. The van der Waals surface area contributed by atoms with E-state index in [-0.39, 0.29) is 0 Å². The standard InChI is InChI=1S/C20H22NP/c1-21(2)16-17-10-9-15-20(17)22(18-11-5-3-6-12-18)19-13-7-4-8-14-19/h3-9,11-15H,10,16H2,1-2H3. The Hall–Kier alpha value is -1.69. The molecule has 2 heteroatoms. The zero-order valence-corrected chi connectivity index (χ0v) is 14.1. The van der Waals surface area contributed by atoms with Crippen LogP contribution in [0.2, 0.25) is 0 Å². The van der Waals surface area contributed by atoms with Crippen molar-refractivity contribution in [3.05, 3.63) is 83.7 Å². The molecule has 1 aliphatic carbocycles. The molecule has 0 N–H and O–H groups in total. The first-order valence-electron chi connectivity index (χ1n) is 7.69. The third-order valence-electron chi connectivity index (χ3n) is 3.78. The normalized spacial score (nSPS) is 14.4. The number of hydrogen-bond acceptors (Lipinski definition) is 1. The molecule has 3 rings (SSSR count). The molecule has 1 nitrogen and oxygen atoms in total. The van der Waals surface area contributed by atoms with Crippen LogP contribution in [0, 0.1) is 0 Å². The highest BCUT2D eigenvalue weighted by Crippen LogP contribution is 2.47. The molecule has 2 aromatic carbocycles. The highest BCUT2D eigenvalue weighted by atomic mass is 31.1. The molecule has 0 heterocycles. The molecule has 0 spiro atoms. The van der Waals surface area contributed by atoms with E-state index in [1.54, 1.807) is 5.57 Å². The Bertz CT molecular complexity index is 632. The van der Waals surface area contributed by atoms with Crippen molar-refractivity contribution >= 4 is 18.5 Å². The van der Waals surface area contributed by atoms with Gasteiger partial charge in [0.1, 0.15) is 0 Å². The van der Waals surface area contributed by atoms with Gasteiger partial charge < -0.3 is 4.90 Å². The zero-order chi connectivity index (χ0) is 15.4. The predicted molar refractivity (Wildman–Crippen MR) is 98.4 cm³/mol. The molecule has 0 unspecified atom stereocenters. The van der Waals surface area contributed by atoms with Crippen molar-refractivity contribution in [2.24, 2.45) is 0 Å². The molecule has 0 saturated carbocycles. The lowest BCUT2D eigenvalue weighted by Gasteiger charge is -2.22. The van der Waals surface area contributed by atoms with E-state index in [2.05, 4.69) is 91.8 Å². The summed E-state index contributed by atoms with van der Waals surface area (Å²) >= 11 is 0. The van der Waals surface area contributed by atoms with Gasteiger partial charge in [0.15, 0.2) is 0 Å². The molecular formula is C20H22NP. The minimum atomic E-state index is -0.456. The van der Waals surface area contributed by atoms with E-state index in [4.69, 9.17) is 0 Å². The molecule has 0 fully saturated rings. The number of allylic oxidation sites excluding steroid dienone is 3. The lowest BCUT2D eigenvalue weighted by molar-refractivity contribution is 0.443. The van der Waals surface area contributed by atoms with Crippen LogP contribution in [0.5, 0.6) is 0 Å². The van der Waals surface area contributed by atoms with Crippen LogP contribution in [-0.2, 0) is 0 Å². The number of rotatable bonds is 5. The topological polar surface area (TPSA) is 3.24 Å². The maximum Gasteiger partial charge on any atom is 0.0199 e. The third-order valence-corrected chi connectivity index (χ3v) is 6.36. The summed E-state index contributed by atoms with van der Waals surface area (Å²) in [6.45, 7) is 1.04. The van der Waals surface area contributed by atoms with Crippen molar-refractivity contribution in [2.75, 3.05) is 20.6 Å². The first-order chi connectivity index (χ1) is 10.8. The highest BCUT2D eigenvalue weighted by molar-refractivity contribution is 7.77. The van der Waals surface area contributed by atoms with E-state index in [0.717, 1.165) is 13.0 Å². The molecule has 0 saturated heterocycles. The predicted octanol–water partition coefficient (Wildman–Crippen LogP) is 3.89. The molecule has 0 radical (unpaired) electrons. The average Bonchev–Trinajstić information content (AvgIpc) is 2.97. The van der Waals surface area contributed by atoms with Crippen molar-refractivity contribution in [2.45, 2.75) is 6.42 Å². The smallest absolute Gasteiger partial charge is 0.0199 e. The summed E-state index contributed by atoms with van der Waals surface area (Å²) in [6.07, 6.45) is 5.76. The molecule has 0 amide bonds. The molecule has 22 heavy (non-hydrogen) atoms. The molecule has 0 aliphatic heterocycles. The third kappa shape index (κ3) is 3.38. The Morgan fingerprint density at radius 3 is 1.91 bits per heavy atom. The maximum absolute atomic E-state index is 2.35. The van der Waals surface area contributed by atoms with Crippen molar-refractivity contribution in [1.29, 1.82) is 0 Å². The van der Waals surface area contributed by atoms with Gasteiger partial charge in [-0.2, -0.15) is 0 Å². The zero-order valence-electron chi connectivity index (χ0n) is 13.2. The molecule has 112 valence electrons. The molecule has 0 atom stereocenters. The van der Waals surface area contributed by atoms with E-state index < -0.39 is 7.92 Å². The second kappa shape index (κ2) is 7.05. The lowest BCUT2D eigenvalue weighted by Crippen LogP contribution is -2.17. The van der Waals surface area contributed by atoms with Crippen molar-refractivity contribution in [3.8, 4) is 0 Å². The Morgan fingerprint density at radius 2 is 1.41 bits per heavy atom. The summed E-state index contributed by atoms with van der Waals surface area (Å²) in [6, 6.07) is 21.9. The summed E-state index contributed by atoms with van der Waals surface area (Å²) < 4.78 is 0. The van der Waals surface area contributed by atoms with Gasteiger partial charge in [0, 0.05) is 6.54 Å². The fourth-order valence-electron chi connectivity index (χ4n) is 2.88. The summed E-state index contributed by atoms with van der Waals surface area (Å²) in [5.41, 5.74) is 1.56. The van der Waals surface area contributed by atoms with Gasteiger partial charge in [0.25, 0.3) is 0 Å². The van der Waals surface area contributed by atoms with Crippen LogP contribution >= 0.6 is 7.92 Å². The minimum Gasteiger partial charge on any atom is -0.305 e. The summed E-state index contributed by atoms with van der Waals surface area (Å²) in [5.74, 6) is 0. The lowest BCUT2D eigenvalue weighted by atomic mass is 10.2. The number of nitrogens with zero attached hydrogens (tertiary/aromatic N) is 1. The van der Waals surface area contributed by atoms with Crippen molar-refractivity contribution in [3.63, 3.8) is 0 Å². The van der Waals surface area contributed by atoms with Crippen molar-refractivity contribution in [1.82, 2.24) is 4.90 Å². The SMILES string of the molecule is CN(C)CC1=C(P(c2ccccc2)c2ccccc2)C=CC1. The number of likely N-dealkylation sites (N-methyl/N-ethyl adjacent to an activating group) is 1. The van der Waals surface area contributed by atoms with Gasteiger partial charge >= 0.3 is 0 Å². The van der Waals surface area contributed by atoms with E-state index >= 15 is 0 Å². The highest BCUT2D eigenvalue weighted by Gasteiger charge is 2.22. The second-order valence-electron chi connectivity index (χ2n) is 5.84. The van der Waals surface area contributed by atoms with Gasteiger partial charge in [0.2, 0.25) is 0 Å². The van der Waals surface area contributed by atoms with Crippen LogP contribution in [0.4, 0.5) is 0 Å². The van der Waals surface area contributed by atoms with Gasteiger partial charge in [-0.15, -0.1) is 0 Å². The molecular weight excluding hydrogens is 285 g/mol. The molecule has 0 bridgehead atoms. The summed E-state index contributed by atoms with van der Waals surface area (Å²) in [5, 5.41) is 4.39. The largest absolute Gasteiger partial charge is 0.305 e. The summed E-state index contributed by atoms with van der Waals surface area (Å²) in [4.78, 5) is 2.27. The van der Waals surface area contributed by atoms with Gasteiger partial charge in [0.05, 0.1) is 0 Å². The number of hydrogen-bond donors (Lipinski definition) is 0. The second-order valence-corrected chi connectivity index (χ2v) is 8.03. The minimum absolute atomic E-state index is 0.456.